The van der Waals surface area contributed by atoms with E-state index in [2.05, 4.69) is 0 Å². The van der Waals surface area contributed by atoms with Crippen LogP contribution >= 0.6 is 11.6 Å². The van der Waals surface area contributed by atoms with Crippen LogP contribution in [0.3, 0.4) is 0 Å². The van der Waals surface area contributed by atoms with Crippen molar-refractivity contribution in [2.45, 2.75) is 64.4 Å². The second kappa shape index (κ2) is 13.2. The van der Waals surface area contributed by atoms with Crippen molar-refractivity contribution in [3.05, 3.63) is 81.9 Å². The van der Waals surface area contributed by atoms with Gasteiger partial charge >= 0.3 is 6.09 Å². The van der Waals surface area contributed by atoms with E-state index < -0.39 is 39.9 Å². The number of nitrogens with zero attached hydrogens (tertiary/aromatic N) is 1. The molecule has 0 aromatic heterocycles. The molecule has 1 amide bonds. The van der Waals surface area contributed by atoms with E-state index in [0.29, 0.717) is 17.7 Å². The van der Waals surface area contributed by atoms with Crippen molar-refractivity contribution >= 4 is 17.7 Å². The average molecular weight is 641 g/mol. The Morgan fingerprint density at radius 1 is 1.16 bits per heavy atom. The van der Waals surface area contributed by atoms with Crippen LogP contribution in [0.15, 0.2) is 48.5 Å². The van der Waals surface area contributed by atoms with Gasteiger partial charge in [-0.25, -0.2) is 13.6 Å². The zero-order valence-corrected chi connectivity index (χ0v) is 26.1. The third-order valence-electron chi connectivity index (χ3n) is 7.98. The lowest BCUT2D eigenvalue weighted by molar-refractivity contribution is -0.165. The molecule has 11 heteroatoms. The number of nitrogens with two attached hydrogens (primary N) is 1. The van der Waals surface area contributed by atoms with Gasteiger partial charge in [0.05, 0.1) is 23.3 Å². The summed E-state index contributed by atoms with van der Waals surface area (Å²) in [4.78, 5) is 12.2. The van der Waals surface area contributed by atoms with Gasteiger partial charge in [-0.1, -0.05) is 62.7 Å². The van der Waals surface area contributed by atoms with Crippen LogP contribution in [0.5, 0.6) is 11.5 Å². The lowest BCUT2D eigenvalue weighted by Crippen LogP contribution is -2.53. The smallest absolute Gasteiger partial charge is 0.404 e. The Labute approximate surface area is 265 Å². The van der Waals surface area contributed by atoms with Crippen molar-refractivity contribution < 1.29 is 37.3 Å². The fourth-order valence-corrected chi connectivity index (χ4v) is 6.37. The third-order valence-corrected chi connectivity index (χ3v) is 8.35. The lowest BCUT2D eigenvalue weighted by Gasteiger charge is -2.43. The molecule has 3 unspecified atom stereocenters. The van der Waals surface area contributed by atoms with Gasteiger partial charge < -0.3 is 29.4 Å². The van der Waals surface area contributed by atoms with E-state index in [1.54, 1.807) is 24.3 Å². The molecule has 3 aromatic rings. The number of carbonyl (C=O) groups excluding carboxylic acids is 1. The summed E-state index contributed by atoms with van der Waals surface area (Å²) in [6, 6.07) is 14.8. The normalized spacial score (nSPS) is 20.1. The number of hydrogen-bond donors (Lipinski definition) is 1. The minimum Gasteiger partial charge on any atom is -0.488 e. The molecule has 0 radical (unpaired) electrons. The number of amides is 1. The first-order chi connectivity index (χ1) is 21.5. The standard InChI is InChI=1S/C34H35ClF2N2O6/c1-33(2,3)31(44-32(39)40)34(21-9-5-4-6-10-21)18-22-25(45-34)17-23(36)29(35)28(22)27-20(19-38)12-13-24(30(27)37)41-15-16-43-26-11-7-8-14-42-26/h4-6,9-10,12-13,17,26,31H,7-8,11,14-16,18H2,1-3H3,(H2,39,40). The maximum absolute atomic E-state index is 16.4. The third kappa shape index (κ3) is 6.57. The first-order valence-electron chi connectivity index (χ1n) is 14.8. The summed E-state index contributed by atoms with van der Waals surface area (Å²) in [5, 5.41) is 9.61. The maximum atomic E-state index is 16.4. The molecule has 45 heavy (non-hydrogen) atoms. The maximum Gasteiger partial charge on any atom is 0.404 e. The highest BCUT2D eigenvalue weighted by atomic mass is 35.5. The van der Waals surface area contributed by atoms with Crippen LogP contribution < -0.4 is 15.2 Å². The molecule has 5 rings (SSSR count). The van der Waals surface area contributed by atoms with Crippen LogP contribution in [0, 0.1) is 28.4 Å². The van der Waals surface area contributed by atoms with Crippen LogP contribution in [0.1, 0.15) is 56.7 Å². The summed E-state index contributed by atoms with van der Waals surface area (Å²) in [6.07, 6.45) is 0.406. The molecule has 8 nitrogen and oxygen atoms in total. The number of ether oxygens (including phenoxy) is 5. The number of halogens is 3. The molecule has 2 aliphatic rings. The van der Waals surface area contributed by atoms with Gasteiger partial charge in [0.2, 0.25) is 0 Å². The van der Waals surface area contributed by atoms with Crippen LogP contribution in [-0.2, 0) is 26.2 Å². The van der Waals surface area contributed by atoms with Crippen molar-refractivity contribution in [3.63, 3.8) is 0 Å². The summed E-state index contributed by atoms with van der Waals surface area (Å²) < 4.78 is 61.1. The van der Waals surface area contributed by atoms with Gasteiger partial charge in [-0.2, -0.15) is 5.26 Å². The number of benzene rings is 3. The fraction of sp³-hybridized carbons (Fsp3) is 0.412. The quantitative estimate of drug-likeness (QED) is 0.242. The number of rotatable bonds is 9. The molecule has 0 bridgehead atoms. The zero-order chi connectivity index (χ0) is 32.4. The molecule has 0 aliphatic carbocycles. The number of nitriles is 1. The van der Waals surface area contributed by atoms with Gasteiger partial charge in [-0.05, 0) is 37.0 Å². The molecule has 1 fully saturated rings. The zero-order valence-electron chi connectivity index (χ0n) is 25.3. The molecular weight excluding hydrogens is 606 g/mol. The molecule has 238 valence electrons. The Kier molecular flexibility index (Phi) is 9.54. The highest BCUT2D eigenvalue weighted by molar-refractivity contribution is 6.34. The lowest BCUT2D eigenvalue weighted by atomic mass is 9.72. The Morgan fingerprint density at radius 2 is 1.91 bits per heavy atom. The predicted molar refractivity (Wildman–Crippen MR) is 163 cm³/mol. The monoisotopic (exact) mass is 640 g/mol. The van der Waals surface area contributed by atoms with E-state index >= 15 is 8.78 Å². The Hall–Kier alpha value is -3.91. The highest BCUT2D eigenvalue weighted by Crippen LogP contribution is 2.54. The van der Waals surface area contributed by atoms with Gasteiger partial charge in [-0.3, -0.25) is 0 Å². The van der Waals surface area contributed by atoms with E-state index in [0.717, 1.165) is 25.3 Å². The molecule has 0 spiro atoms. The molecule has 3 aromatic carbocycles. The van der Waals surface area contributed by atoms with Gasteiger partial charge in [-0.15, -0.1) is 0 Å². The second-order valence-electron chi connectivity index (χ2n) is 12.2. The number of hydrogen-bond acceptors (Lipinski definition) is 7. The Balaban J connectivity index is 1.59. The van der Waals surface area contributed by atoms with E-state index in [9.17, 15) is 10.1 Å². The van der Waals surface area contributed by atoms with E-state index in [1.807, 2.05) is 32.9 Å². The minimum atomic E-state index is -1.40. The molecule has 0 saturated carbocycles. The van der Waals surface area contributed by atoms with Crippen molar-refractivity contribution in [1.82, 2.24) is 0 Å². The van der Waals surface area contributed by atoms with Gasteiger partial charge in [0.1, 0.15) is 18.2 Å². The van der Waals surface area contributed by atoms with Crippen LogP contribution in [0.4, 0.5) is 13.6 Å². The van der Waals surface area contributed by atoms with Crippen molar-refractivity contribution in [2.24, 2.45) is 11.1 Å². The SMILES string of the molecule is CC(C)(C)C(OC(N)=O)C1(c2ccccc2)Cc2c(cc(F)c(Cl)c2-c2c(C#N)ccc(OCCOC3CCCCO3)c2F)O1. The highest BCUT2D eigenvalue weighted by Gasteiger charge is 2.55. The first kappa shape index (κ1) is 32.5. The van der Waals surface area contributed by atoms with E-state index in [4.69, 9.17) is 41.0 Å². The van der Waals surface area contributed by atoms with Gasteiger partial charge in [0, 0.05) is 41.2 Å². The van der Waals surface area contributed by atoms with Crippen molar-refractivity contribution in [3.8, 4) is 28.7 Å². The van der Waals surface area contributed by atoms with Crippen LogP contribution in [0.25, 0.3) is 11.1 Å². The van der Waals surface area contributed by atoms with Crippen molar-refractivity contribution in [1.29, 1.82) is 5.26 Å². The summed E-state index contributed by atoms with van der Waals surface area (Å²) in [5.74, 6) is -1.87. The van der Waals surface area contributed by atoms with Crippen LogP contribution in [-0.4, -0.2) is 38.3 Å². The summed E-state index contributed by atoms with van der Waals surface area (Å²) >= 11 is 6.58. The summed E-state index contributed by atoms with van der Waals surface area (Å²) in [7, 11) is 0. The minimum absolute atomic E-state index is 0.00899. The average Bonchev–Trinajstić information content (AvgIpc) is 3.39. The molecule has 3 atom stereocenters. The number of carbonyl (C=O) groups is 1. The summed E-state index contributed by atoms with van der Waals surface area (Å²) in [5.41, 5.74) is 3.97. The second-order valence-corrected chi connectivity index (χ2v) is 12.5. The van der Waals surface area contributed by atoms with Gasteiger partial charge in [0.15, 0.2) is 29.6 Å². The molecular formula is C34H35ClF2N2O6. The molecule has 1 saturated heterocycles. The molecule has 2 heterocycles. The van der Waals surface area contributed by atoms with E-state index in [1.165, 1.54) is 12.1 Å². The predicted octanol–water partition coefficient (Wildman–Crippen LogP) is 7.42. The largest absolute Gasteiger partial charge is 0.488 e. The topological polar surface area (TPSA) is 113 Å². The fourth-order valence-electron chi connectivity index (χ4n) is 6.11. The Bertz CT molecular complexity index is 1600. The Morgan fingerprint density at radius 3 is 2.56 bits per heavy atom. The number of fused-ring (bicyclic) bond motifs is 1. The number of primary amides is 1. The van der Waals surface area contributed by atoms with Gasteiger partial charge in [0.25, 0.3) is 0 Å². The summed E-state index contributed by atoms with van der Waals surface area (Å²) in [6.45, 7) is 6.34. The van der Waals surface area contributed by atoms with Crippen molar-refractivity contribution in [2.75, 3.05) is 19.8 Å². The molecule has 2 N–H and O–H groups in total. The van der Waals surface area contributed by atoms with E-state index in [-0.39, 0.29) is 54.1 Å². The van der Waals surface area contributed by atoms with Crippen LogP contribution in [0.2, 0.25) is 5.02 Å². The molecule has 2 aliphatic heterocycles. The first-order valence-corrected chi connectivity index (χ1v) is 15.1.